The van der Waals surface area contributed by atoms with E-state index in [1.165, 1.54) is 15.7 Å². The monoisotopic (exact) mass is 319 g/mol. The molecule has 0 aromatic carbocycles. The summed E-state index contributed by atoms with van der Waals surface area (Å²) in [6, 6.07) is 1.47. The van der Waals surface area contributed by atoms with E-state index in [4.69, 9.17) is 4.52 Å². The summed E-state index contributed by atoms with van der Waals surface area (Å²) in [4.78, 5) is 21.4. The number of hydrogen-bond acceptors (Lipinski definition) is 7. The van der Waals surface area contributed by atoms with E-state index < -0.39 is 0 Å². The molecule has 0 spiro atoms. The predicted molar refractivity (Wildman–Crippen MR) is 82.8 cm³/mol. The Labute approximate surface area is 131 Å². The van der Waals surface area contributed by atoms with Crippen molar-refractivity contribution in [1.82, 2.24) is 24.8 Å². The Kier molecular flexibility index (Phi) is 4.04. The molecule has 1 N–H and O–H groups in total. The number of nitrogens with zero attached hydrogens (tertiary/aromatic N) is 4. The van der Waals surface area contributed by atoms with Gasteiger partial charge in [-0.2, -0.15) is 4.98 Å². The van der Waals surface area contributed by atoms with Gasteiger partial charge in [0.1, 0.15) is 0 Å². The number of aryl methyl sites for hydroxylation is 1. The summed E-state index contributed by atoms with van der Waals surface area (Å²) >= 11 is 1.44. The average Bonchev–Trinajstić information content (AvgIpc) is 3.08. The summed E-state index contributed by atoms with van der Waals surface area (Å²) in [5.74, 6) is 1.44. The van der Waals surface area contributed by atoms with Crippen LogP contribution in [0.2, 0.25) is 0 Å². The molecule has 116 valence electrons. The molecular weight excluding hydrogens is 302 g/mol. The summed E-state index contributed by atoms with van der Waals surface area (Å²) in [5.41, 5.74) is 0.632. The quantitative estimate of drug-likeness (QED) is 0.773. The molecule has 8 heteroatoms. The molecule has 0 aliphatic carbocycles. The Balaban J connectivity index is 1.80. The van der Waals surface area contributed by atoms with Crippen molar-refractivity contribution in [3.05, 3.63) is 45.4 Å². The molecular formula is C14H17N5O2S. The van der Waals surface area contributed by atoms with Crippen LogP contribution >= 0.6 is 11.3 Å². The second kappa shape index (κ2) is 5.98. The van der Waals surface area contributed by atoms with E-state index in [1.54, 1.807) is 19.2 Å². The van der Waals surface area contributed by atoms with Crippen LogP contribution in [-0.4, -0.2) is 19.5 Å². The van der Waals surface area contributed by atoms with Crippen molar-refractivity contribution < 1.29 is 4.52 Å². The van der Waals surface area contributed by atoms with E-state index in [0.717, 1.165) is 0 Å². The third-order valence-electron chi connectivity index (χ3n) is 3.34. The lowest BCUT2D eigenvalue weighted by atomic mass is 10.0. The first-order chi connectivity index (χ1) is 10.5. The van der Waals surface area contributed by atoms with E-state index in [-0.39, 0.29) is 17.5 Å². The zero-order valence-corrected chi connectivity index (χ0v) is 13.4. The molecule has 0 saturated heterocycles. The summed E-state index contributed by atoms with van der Waals surface area (Å²) < 4.78 is 6.79. The Morgan fingerprint density at radius 1 is 1.41 bits per heavy atom. The van der Waals surface area contributed by atoms with Gasteiger partial charge in [0.25, 0.3) is 5.56 Å². The minimum absolute atomic E-state index is 0.0715. The normalized spacial score (nSPS) is 13.1. The standard InChI is InChI=1S/C14H17N5O2S/c1-8(2)12(13-16-9(3)18-21-13)15-7-10-6-11(20)19-4-5-22-14(19)17-10/h4-6,8,12,15H,7H2,1-3H3/t12-/m1/s1. The van der Waals surface area contributed by atoms with Gasteiger partial charge in [0.2, 0.25) is 5.89 Å². The van der Waals surface area contributed by atoms with Crippen LogP contribution in [-0.2, 0) is 6.54 Å². The van der Waals surface area contributed by atoms with E-state index in [0.29, 0.717) is 28.9 Å². The van der Waals surface area contributed by atoms with Gasteiger partial charge < -0.3 is 4.52 Å². The summed E-state index contributed by atoms with van der Waals surface area (Å²) in [6.07, 6.45) is 1.73. The number of hydrogen-bond donors (Lipinski definition) is 1. The van der Waals surface area contributed by atoms with Crippen molar-refractivity contribution in [3.8, 4) is 0 Å². The Morgan fingerprint density at radius 3 is 2.91 bits per heavy atom. The second-order valence-electron chi connectivity index (χ2n) is 5.42. The lowest BCUT2D eigenvalue weighted by Crippen LogP contribution is -2.27. The van der Waals surface area contributed by atoms with E-state index >= 15 is 0 Å². The third kappa shape index (κ3) is 2.93. The van der Waals surface area contributed by atoms with Crippen LogP contribution in [0.3, 0.4) is 0 Å². The van der Waals surface area contributed by atoms with Gasteiger partial charge in [-0.3, -0.25) is 14.5 Å². The Morgan fingerprint density at radius 2 is 2.23 bits per heavy atom. The van der Waals surface area contributed by atoms with Crippen LogP contribution in [0.4, 0.5) is 0 Å². The molecule has 7 nitrogen and oxygen atoms in total. The lowest BCUT2D eigenvalue weighted by Gasteiger charge is -2.18. The largest absolute Gasteiger partial charge is 0.338 e. The molecule has 0 fully saturated rings. The molecule has 22 heavy (non-hydrogen) atoms. The maximum atomic E-state index is 12.0. The molecule has 0 bridgehead atoms. The maximum Gasteiger partial charge on any atom is 0.258 e. The summed E-state index contributed by atoms with van der Waals surface area (Å²) in [5, 5.41) is 9.02. The highest BCUT2D eigenvalue weighted by Gasteiger charge is 2.21. The fourth-order valence-corrected chi connectivity index (χ4v) is 2.98. The molecule has 0 unspecified atom stereocenters. The number of fused-ring (bicyclic) bond motifs is 1. The minimum Gasteiger partial charge on any atom is -0.338 e. The van der Waals surface area contributed by atoms with Gasteiger partial charge in [0.05, 0.1) is 11.7 Å². The highest BCUT2D eigenvalue weighted by molar-refractivity contribution is 7.15. The van der Waals surface area contributed by atoms with Crippen LogP contribution < -0.4 is 10.9 Å². The number of nitrogens with one attached hydrogen (secondary N) is 1. The molecule has 3 rings (SSSR count). The molecule has 1 atom stereocenters. The first-order valence-electron chi connectivity index (χ1n) is 7.04. The summed E-state index contributed by atoms with van der Waals surface area (Å²) in [6.45, 7) is 6.40. The number of thiazole rings is 1. The molecule has 3 aromatic heterocycles. The van der Waals surface area contributed by atoms with Crippen LogP contribution in [0.1, 0.15) is 37.3 Å². The number of rotatable bonds is 5. The van der Waals surface area contributed by atoms with E-state index in [2.05, 4.69) is 34.3 Å². The van der Waals surface area contributed by atoms with Gasteiger partial charge in [-0.1, -0.05) is 19.0 Å². The van der Waals surface area contributed by atoms with Gasteiger partial charge in [0, 0.05) is 24.2 Å². The lowest BCUT2D eigenvalue weighted by molar-refractivity contribution is 0.286. The Hall–Kier alpha value is -2.06. The van der Waals surface area contributed by atoms with Gasteiger partial charge >= 0.3 is 0 Å². The molecule has 3 heterocycles. The fraction of sp³-hybridized carbons (Fsp3) is 0.429. The third-order valence-corrected chi connectivity index (χ3v) is 4.09. The smallest absolute Gasteiger partial charge is 0.258 e. The first kappa shape index (κ1) is 14.9. The van der Waals surface area contributed by atoms with E-state index in [1.807, 2.05) is 5.38 Å². The van der Waals surface area contributed by atoms with Crippen molar-refractivity contribution in [2.45, 2.75) is 33.4 Å². The SMILES string of the molecule is Cc1noc([C@H](NCc2cc(=O)n3ccsc3n2)C(C)C)n1. The second-order valence-corrected chi connectivity index (χ2v) is 6.30. The highest BCUT2D eigenvalue weighted by atomic mass is 32.1. The van der Waals surface area contributed by atoms with Gasteiger partial charge in [0.15, 0.2) is 10.8 Å². The van der Waals surface area contributed by atoms with Crippen molar-refractivity contribution in [1.29, 1.82) is 0 Å². The maximum absolute atomic E-state index is 12.0. The highest BCUT2D eigenvalue weighted by Crippen LogP contribution is 2.20. The van der Waals surface area contributed by atoms with Crippen LogP contribution in [0.25, 0.3) is 4.96 Å². The van der Waals surface area contributed by atoms with E-state index in [9.17, 15) is 4.79 Å². The fourth-order valence-electron chi connectivity index (χ4n) is 2.24. The zero-order valence-electron chi connectivity index (χ0n) is 12.6. The molecule has 0 radical (unpaired) electrons. The van der Waals surface area contributed by atoms with Crippen molar-refractivity contribution in [2.24, 2.45) is 5.92 Å². The molecule has 3 aromatic rings. The van der Waals surface area contributed by atoms with Crippen LogP contribution in [0.5, 0.6) is 0 Å². The van der Waals surface area contributed by atoms with Gasteiger partial charge in [-0.05, 0) is 12.8 Å². The van der Waals surface area contributed by atoms with Crippen LogP contribution in [0.15, 0.2) is 27.0 Å². The predicted octanol–water partition coefficient (Wildman–Crippen LogP) is 1.93. The van der Waals surface area contributed by atoms with Gasteiger partial charge in [-0.25, -0.2) is 4.98 Å². The minimum atomic E-state index is -0.0789. The Bertz CT molecular complexity index is 835. The first-order valence-corrected chi connectivity index (χ1v) is 7.92. The zero-order chi connectivity index (χ0) is 15.7. The average molecular weight is 319 g/mol. The molecule has 0 aliphatic heterocycles. The van der Waals surface area contributed by atoms with Crippen molar-refractivity contribution >= 4 is 16.3 Å². The van der Waals surface area contributed by atoms with Gasteiger partial charge in [-0.15, -0.1) is 11.3 Å². The number of aromatic nitrogens is 4. The van der Waals surface area contributed by atoms with Crippen molar-refractivity contribution in [3.63, 3.8) is 0 Å². The van der Waals surface area contributed by atoms with Crippen LogP contribution in [0, 0.1) is 12.8 Å². The molecule has 0 saturated carbocycles. The molecule has 0 aliphatic rings. The topological polar surface area (TPSA) is 85.3 Å². The molecule has 0 amide bonds. The van der Waals surface area contributed by atoms with Crippen molar-refractivity contribution in [2.75, 3.05) is 0 Å². The summed E-state index contributed by atoms with van der Waals surface area (Å²) in [7, 11) is 0.